The lowest BCUT2D eigenvalue weighted by atomic mass is 10.1. The maximum Gasteiger partial charge on any atom is 0.150 e. The number of aryl methyl sites for hydroxylation is 2. The van der Waals surface area contributed by atoms with Crippen LogP contribution in [-0.4, -0.2) is 26.5 Å². The third-order valence-electron chi connectivity index (χ3n) is 3.22. The summed E-state index contributed by atoms with van der Waals surface area (Å²) in [5.41, 5.74) is 2.26. The van der Waals surface area contributed by atoms with Crippen LogP contribution in [0.4, 0.5) is 0 Å². The van der Waals surface area contributed by atoms with Crippen LogP contribution < -0.4 is 4.74 Å². The molecule has 0 amide bonds. The Bertz CT molecular complexity index is 528. The molecule has 18 heavy (non-hydrogen) atoms. The first kappa shape index (κ1) is 13.9. The molecule has 0 spiro atoms. The Hall–Kier alpha value is -0.550. The summed E-state index contributed by atoms with van der Waals surface area (Å²) in [5.74, 6) is 1.53. The summed E-state index contributed by atoms with van der Waals surface area (Å²) < 4.78 is 29.5. The lowest BCUT2D eigenvalue weighted by Crippen LogP contribution is -2.13. The van der Waals surface area contributed by atoms with Crippen LogP contribution in [-0.2, 0) is 9.84 Å². The van der Waals surface area contributed by atoms with Crippen molar-refractivity contribution in [2.45, 2.75) is 20.3 Å². The molecule has 1 heterocycles. The molecule has 1 aromatic rings. The van der Waals surface area contributed by atoms with Crippen molar-refractivity contribution in [2.75, 3.05) is 18.1 Å². The molecule has 1 aromatic carbocycles. The minimum absolute atomic E-state index is 0.138. The largest absolute Gasteiger partial charge is 0.493 e. The molecule has 5 heteroatoms. The van der Waals surface area contributed by atoms with Crippen molar-refractivity contribution in [1.82, 2.24) is 0 Å². The number of ether oxygens (including phenoxy) is 1. The fraction of sp³-hybridized carbons (Fsp3) is 0.538. The number of sulfone groups is 1. The van der Waals surface area contributed by atoms with E-state index in [9.17, 15) is 8.42 Å². The maximum absolute atomic E-state index is 11.3. The lowest BCUT2D eigenvalue weighted by molar-refractivity contribution is 0.263. The van der Waals surface area contributed by atoms with Gasteiger partial charge in [-0.3, -0.25) is 0 Å². The van der Waals surface area contributed by atoms with Gasteiger partial charge in [-0.1, -0.05) is 15.9 Å². The number of rotatable bonds is 3. The smallest absolute Gasteiger partial charge is 0.150 e. The van der Waals surface area contributed by atoms with E-state index in [-0.39, 0.29) is 11.7 Å². The molecule has 1 aliphatic heterocycles. The molecular formula is C13H17BrO3S. The highest BCUT2D eigenvalue weighted by Crippen LogP contribution is 2.27. The van der Waals surface area contributed by atoms with Crippen LogP contribution in [0.5, 0.6) is 5.75 Å². The van der Waals surface area contributed by atoms with E-state index >= 15 is 0 Å². The van der Waals surface area contributed by atoms with Crippen LogP contribution in [0.15, 0.2) is 16.6 Å². The van der Waals surface area contributed by atoms with Gasteiger partial charge in [0.1, 0.15) is 5.75 Å². The molecule has 2 rings (SSSR count). The van der Waals surface area contributed by atoms with E-state index in [1.807, 2.05) is 26.0 Å². The molecule has 0 saturated carbocycles. The Morgan fingerprint density at radius 1 is 1.33 bits per heavy atom. The van der Waals surface area contributed by atoms with Gasteiger partial charge in [0, 0.05) is 10.4 Å². The van der Waals surface area contributed by atoms with Crippen molar-refractivity contribution < 1.29 is 13.2 Å². The van der Waals surface area contributed by atoms with Crippen molar-refractivity contribution in [3.8, 4) is 5.75 Å². The number of hydrogen-bond acceptors (Lipinski definition) is 3. The molecule has 1 aliphatic rings. The monoisotopic (exact) mass is 332 g/mol. The molecule has 1 saturated heterocycles. The van der Waals surface area contributed by atoms with Crippen LogP contribution in [0.25, 0.3) is 0 Å². The minimum atomic E-state index is -2.81. The van der Waals surface area contributed by atoms with Crippen LogP contribution in [0, 0.1) is 19.8 Å². The highest BCUT2D eigenvalue weighted by Gasteiger charge is 2.28. The molecule has 1 atom stereocenters. The molecule has 3 nitrogen and oxygen atoms in total. The zero-order valence-corrected chi connectivity index (χ0v) is 13.0. The van der Waals surface area contributed by atoms with Gasteiger partial charge in [0.2, 0.25) is 0 Å². The Morgan fingerprint density at radius 2 is 1.94 bits per heavy atom. The van der Waals surface area contributed by atoms with Gasteiger partial charge in [-0.25, -0.2) is 8.42 Å². The van der Waals surface area contributed by atoms with E-state index < -0.39 is 9.84 Å². The van der Waals surface area contributed by atoms with Gasteiger partial charge in [0.25, 0.3) is 0 Å². The summed E-state index contributed by atoms with van der Waals surface area (Å²) in [6.07, 6.45) is 0.719. The van der Waals surface area contributed by atoms with E-state index in [2.05, 4.69) is 15.9 Å². The lowest BCUT2D eigenvalue weighted by Gasteiger charge is -2.12. The Labute approximate surface area is 117 Å². The Balaban J connectivity index is 1.99. The van der Waals surface area contributed by atoms with Gasteiger partial charge in [-0.15, -0.1) is 0 Å². The van der Waals surface area contributed by atoms with Gasteiger partial charge < -0.3 is 4.74 Å². The average Bonchev–Trinajstić information content (AvgIpc) is 2.63. The molecule has 0 aromatic heterocycles. The zero-order valence-electron chi connectivity index (χ0n) is 10.6. The third-order valence-corrected chi connectivity index (χ3v) is 6.31. The maximum atomic E-state index is 11.3. The van der Waals surface area contributed by atoms with Crippen molar-refractivity contribution >= 4 is 25.8 Å². The molecule has 100 valence electrons. The first-order valence-corrected chi connectivity index (χ1v) is 8.59. The van der Waals surface area contributed by atoms with E-state index in [4.69, 9.17) is 4.74 Å². The Morgan fingerprint density at radius 3 is 2.44 bits per heavy atom. The quantitative estimate of drug-likeness (QED) is 0.854. The third kappa shape index (κ3) is 3.26. The summed E-state index contributed by atoms with van der Waals surface area (Å²) in [5, 5.41) is 0. The van der Waals surface area contributed by atoms with E-state index in [0.717, 1.165) is 27.8 Å². The van der Waals surface area contributed by atoms with Gasteiger partial charge in [-0.05, 0) is 43.5 Å². The van der Waals surface area contributed by atoms with E-state index in [1.54, 1.807) is 0 Å². The second-order valence-electron chi connectivity index (χ2n) is 4.95. The second-order valence-corrected chi connectivity index (χ2v) is 7.97. The molecule has 1 unspecified atom stereocenters. The SMILES string of the molecule is Cc1cc(OCC2CCS(=O)(=O)C2)cc(C)c1Br. The van der Waals surface area contributed by atoms with Crippen LogP contribution in [0.3, 0.4) is 0 Å². The summed E-state index contributed by atoms with van der Waals surface area (Å²) in [7, 11) is -2.81. The van der Waals surface area contributed by atoms with Crippen molar-refractivity contribution in [2.24, 2.45) is 5.92 Å². The summed E-state index contributed by atoms with van der Waals surface area (Å²) in [6, 6.07) is 3.95. The number of benzene rings is 1. The van der Waals surface area contributed by atoms with E-state index in [0.29, 0.717) is 12.4 Å². The fourth-order valence-electron chi connectivity index (χ4n) is 2.21. The highest BCUT2D eigenvalue weighted by atomic mass is 79.9. The standard InChI is InChI=1S/C13H17BrO3S/c1-9-5-12(6-10(2)13(9)14)17-7-11-3-4-18(15,16)8-11/h5-6,11H,3-4,7-8H2,1-2H3. The molecular weight excluding hydrogens is 316 g/mol. The van der Waals surface area contributed by atoms with Gasteiger partial charge in [-0.2, -0.15) is 0 Å². The number of halogens is 1. The normalized spacial score (nSPS) is 22.1. The molecule has 0 radical (unpaired) electrons. The van der Waals surface area contributed by atoms with Crippen molar-refractivity contribution in [3.63, 3.8) is 0 Å². The summed E-state index contributed by atoms with van der Waals surface area (Å²) >= 11 is 3.51. The zero-order chi connectivity index (χ0) is 13.3. The van der Waals surface area contributed by atoms with Gasteiger partial charge in [0.05, 0.1) is 18.1 Å². The first-order chi connectivity index (χ1) is 8.37. The van der Waals surface area contributed by atoms with E-state index in [1.165, 1.54) is 0 Å². The fourth-order valence-corrected chi connectivity index (χ4v) is 4.28. The van der Waals surface area contributed by atoms with Crippen LogP contribution in [0.2, 0.25) is 0 Å². The molecule has 1 fully saturated rings. The van der Waals surface area contributed by atoms with Crippen LogP contribution in [0.1, 0.15) is 17.5 Å². The van der Waals surface area contributed by atoms with Gasteiger partial charge >= 0.3 is 0 Å². The van der Waals surface area contributed by atoms with Crippen molar-refractivity contribution in [3.05, 3.63) is 27.7 Å². The topological polar surface area (TPSA) is 43.4 Å². The summed E-state index contributed by atoms with van der Waals surface area (Å²) in [4.78, 5) is 0. The summed E-state index contributed by atoms with van der Waals surface area (Å²) in [6.45, 7) is 4.52. The molecule has 0 N–H and O–H groups in total. The molecule has 0 aliphatic carbocycles. The second kappa shape index (κ2) is 5.21. The Kier molecular flexibility index (Phi) is 4.02. The average molecular weight is 333 g/mol. The van der Waals surface area contributed by atoms with Gasteiger partial charge in [0.15, 0.2) is 9.84 Å². The predicted octanol–water partition coefficient (Wildman–Crippen LogP) is 2.88. The first-order valence-electron chi connectivity index (χ1n) is 5.97. The molecule has 0 bridgehead atoms. The van der Waals surface area contributed by atoms with Crippen molar-refractivity contribution in [1.29, 1.82) is 0 Å². The number of hydrogen-bond donors (Lipinski definition) is 0. The highest BCUT2D eigenvalue weighted by molar-refractivity contribution is 9.10. The van der Waals surface area contributed by atoms with Crippen LogP contribution >= 0.6 is 15.9 Å². The predicted molar refractivity (Wildman–Crippen MR) is 75.9 cm³/mol. The minimum Gasteiger partial charge on any atom is -0.493 e.